The monoisotopic (exact) mass is 699 g/mol. The summed E-state index contributed by atoms with van der Waals surface area (Å²) in [6.07, 6.45) is -0.454. The number of nitrogens with zero attached hydrogens (tertiary/aromatic N) is 1. The number of hydrogen-bond donors (Lipinski definition) is 4. The topological polar surface area (TPSA) is 113 Å². The highest BCUT2D eigenvalue weighted by Crippen LogP contribution is 2.42. The van der Waals surface area contributed by atoms with Gasteiger partial charge in [-0.25, -0.2) is 4.79 Å². The molecule has 2 aliphatic rings. The van der Waals surface area contributed by atoms with Gasteiger partial charge in [0.1, 0.15) is 11.5 Å². The van der Waals surface area contributed by atoms with Crippen molar-refractivity contribution in [3.63, 3.8) is 0 Å². The van der Waals surface area contributed by atoms with Gasteiger partial charge >= 0.3 is 6.03 Å². The molecule has 2 amide bonds. The maximum absolute atomic E-state index is 12.8. The second-order valence-electron chi connectivity index (χ2n) is 13.6. The normalized spacial score (nSPS) is 21.8. The highest BCUT2D eigenvalue weighted by Gasteiger charge is 2.40. The summed E-state index contributed by atoms with van der Waals surface area (Å²) in [5, 5.41) is 25.6. The van der Waals surface area contributed by atoms with E-state index in [9.17, 15) is 15.0 Å². The Bertz CT molecular complexity index is 1920. The number of urea groups is 1. The summed E-state index contributed by atoms with van der Waals surface area (Å²) < 4.78 is 19.2. The predicted molar refractivity (Wildman–Crippen MR) is 201 cm³/mol. The van der Waals surface area contributed by atoms with Crippen LogP contribution in [-0.2, 0) is 22.6 Å². The van der Waals surface area contributed by atoms with E-state index in [4.69, 9.17) is 14.2 Å². The van der Waals surface area contributed by atoms with Gasteiger partial charge in [0.2, 0.25) is 0 Å². The number of hydrogen-bond acceptors (Lipinski definition) is 7. The van der Waals surface area contributed by atoms with E-state index in [1.807, 2.05) is 91.0 Å². The summed E-state index contributed by atoms with van der Waals surface area (Å²) in [6, 6.07) is 40.8. The first-order chi connectivity index (χ1) is 25.4. The van der Waals surface area contributed by atoms with Crippen LogP contribution in [0.4, 0.5) is 10.5 Å². The van der Waals surface area contributed by atoms with Gasteiger partial charge in [0, 0.05) is 43.3 Å². The van der Waals surface area contributed by atoms with Crippen molar-refractivity contribution in [3.8, 4) is 22.6 Å². The summed E-state index contributed by atoms with van der Waals surface area (Å²) in [7, 11) is 0. The molecule has 0 spiro atoms. The number of nitrogens with one attached hydrogen (secondary N) is 2. The van der Waals surface area contributed by atoms with Crippen LogP contribution in [0.5, 0.6) is 11.5 Å². The molecule has 2 saturated heterocycles. The predicted octanol–water partition coefficient (Wildman–Crippen LogP) is 7.82. The summed E-state index contributed by atoms with van der Waals surface area (Å²) in [6.45, 7) is 4.70. The Hall–Kier alpha value is -5.03. The lowest BCUT2D eigenvalue weighted by atomic mass is 9.90. The number of para-hydroxylation sites is 1. The van der Waals surface area contributed by atoms with Crippen LogP contribution in [0.3, 0.4) is 0 Å². The van der Waals surface area contributed by atoms with Gasteiger partial charge in [-0.2, -0.15) is 0 Å². The first-order valence-corrected chi connectivity index (χ1v) is 17.9. The van der Waals surface area contributed by atoms with E-state index in [-0.39, 0.29) is 36.9 Å². The van der Waals surface area contributed by atoms with Gasteiger partial charge in [-0.15, -0.1) is 0 Å². The lowest BCUT2D eigenvalue weighted by Crippen LogP contribution is -2.44. The van der Waals surface area contributed by atoms with E-state index in [1.54, 1.807) is 12.1 Å². The van der Waals surface area contributed by atoms with Crippen LogP contribution >= 0.6 is 0 Å². The molecule has 9 heteroatoms. The number of ether oxygens (including phenoxy) is 3. The van der Waals surface area contributed by atoms with Gasteiger partial charge < -0.3 is 35.1 Å². The van der Waals surface area contributed by atoms with E-state index in [0.29, 0.717) is 31.1 Å². The maximum atomic E-state index is 12.8. The Morgan fingerprint density at radius 3 is 2.27 bits per heavy atom. The number of rotatable bonds is 11. The molecule has 7 rings (SSSR count). The molecular weight excluding hydrogens is 654 g/mol. The molecule has 0 aliphatic carbocycles. The molecule has 268 valence electrons. The molecule has 2 heterocycles. The molecule has 0 aromatic heterocycles. The first-order valence-electron chi connectivity index (χ1n) is 17.9. The summed E-state index contributed by atoms with van der Waals surface area (Å²) in [5.41, 5.74) is 6.45. The SMILES string of the molecule is CC1C(CN2CCC(O)C2)OC(c2cccc(-c3cccc(CNC(=O)Nc4ccc(Oc5ccccc5)cc4)c3)c2)OC1c1ccc(CO)cc1. The van der Waals surface area contributed by atoms with E-state index < -0.39 is 6.29 Å². The highest BCUT2D eigenvalue weighted by atomic mass is 16.7. The average Bonchev–Trinajstić information content (AvgIpc) is 3.60. The third kappa shape index (κ3) is 8.88. The molecule has 0 saturated carbocycles. The van der Waals surface area contributed by atoms with E-state index in [2.05, 4.69) is 46.7 Å². The van der Waals surface area contributed by atoms with Crippen molar-refractivity contribution in [1.82, 2.24) is 10.2 Å². The first kappa shape index (κ1) is 35.4. The van der Waals surface area contributed by atoms with Crippen LogP contribution in [-0.4, -0.2) is 53.0 Å². The summed E-state index contributed by atoms with van der Waals surface area (Å²) in [5.74, 6) is 1.50. The minimum absolute atomic E-state index is 0.00919. The van der Waals surface area contributed by atoms with Gasteiger partial charge in [-0.1, -0.05) is 85.8 Å². The maximum Gasteiger partial charge on any atom is 0.319 e. The van der Waals surface area contributed by atoms with Crippen molar-refractivity contribution in [2.24, 2.45) is 5.92 Å². The van der Waals surface area contributed by atoms with Crippen molar-refractivity contribution in [2.75, 3.05) is 25.0 Å². The molecule has 2 fully saturated rings. The average molecular weight is 700 g/mol. The van der Waals surface area contributed by atoms with Crippen molar-refractivity contribution >= 4 is 11.7 Å². The molecule has 2 aliphatic heterocycles. The number of anilines is 1. The fraction of sp³-hybridized carbons (Fsp3) is 0.279. The van der Waals surface area contributed by atoms with Gasteiger partial charge in [0.15, 0.2) is 6.29 Å². The molecule has 52 heavy (non-hydrogen) atoms. The van der Waals surface area contributed by atoms with Gasteiger partial charge in [0.05, 0.1) is 24.9 Å². The van der Waals surface area contributed by atoms with Crippen LogP contribution in [0, 0.1) is 5.92 Å². The smallest absolute Gasteiger partial charge is 0.319 e. The van der Waals surface area contributed by atoms with Crippen molar-refractivity contribution in [2.45, 2.75) is 51.1 Å². The Kier molecular flexibility index (Phi) is 11.3. The molecule has 5 atom stereocenters. The van der Waals surface area contributed by atoms with Gasteiger partial charge in [-0.05, 0) is 82.8 Å². The number of carbonyl (C=O) groups excluding carboxylic acids is 1. The van der Waals surface area contributed by atoms with Crippen molar-refractivity contribution < 1.29 is 29.2 Å². The zero-order valence-corrected chi connectivity index (χ0v) is 29.2. The molecule has 9 nitrogen and oxygen atoms in total. The molecular formula is C43H45N3O6. The quantitative estimate of drug-likeness (QED) is 0.111. The largest absolute Gasteiger partial charge is 0.457 e. The Morgan fingerprint density at radius 1 is 0.808 bits per heavy atom. The summed E-state index contributed by atoms with van der Waals surface area (Å²) in [4.78, 5) is 15.0. The van der Waals surface area contributed by atoms with Crippen molar-refractivity contribution in [3.05, 3.63) is 150 Å². The Balaban J connectivity index is 1.01. The highest BCUT2D eigenvalue weighted by molar-refractivity contribution is 5.89. The second-order valence-corrected chi connectivity index (χ2v) is 13.6. The third-order valence-electron chi connectivity index (χ3n) is 9.77. The molecule has 5 aromatic carbocycles. The van der Waals surface area contributed by atoms with Gasteiger partial charge in [0.25, 0.3) is 0 Å². The number of β-amino-alcohol motifs (C(OH)–C–C–N with tert-alkyl or cyclic N) is 1. The number of amides is 2. The van der Waals surface area contributed by atoms with Crippen LogP contribution in [0.15, 0.2) is 127 Å². The minimum Gasteiger partial charge on any atom is -0.457 e. The van der Waals surface area contributed by atoms with E-state index >= 15 is 0 Å². The fourth-order valence-corrected chi connectivity index (χ4v) is 6.87. The van der Waals surface area contributed by atoms with Crippen LogP contribution in [0.1, 0.15) is 48.0 Å². The Morgan fingerprint density at radius 2 is 1.54 bits per heavy atom. The molecule has 5 aromatic rings. The molecule has 0 radical (unpaired) electrons. The van der Waals surface area contributed by atoms with E-state index in [0.717, 1.165) is 52.1 Å². The summed E-state index contributed by atoms with van der Waals surface area (Å²) >= 11 is 0. The van der Waals surface area contributed by atoms with E-state index in [1.165, 1.54) is 0 Å². The molecule has 4 N–H and O–H groups in total. The lowest BCUT2D eigenvalue weighted by Gasteiger charge is -2.42. The minimum atomic E-state index is -0.594. The number of aliphatic hydroxyl groups is 2. The zero-order chi connectivity index (χ0) is 35.9. The van der Waals surface area contributed by atoms with Crippen LogP contribution in [0.2, 0.25) is 0 Å². The zero-order valence-electron chi connectivity index (χ0n) is 29.2. The number of carbonyl (C=O) groups is 1. The number of aliphatic hydroxyl groups excluding tert-OH is 2. The van der Waals surface area contributed by atoms with Crippen LogP contribution < -0.4 is 15.4 Å². The lowest BCUT2D eigenvalue weighted by molar-refractivity contribution is -0.276. The van der Waals surface area contributed by atoms with Crippen molar-refractivity contribution in [1.29, 1.82) is 0 Å². The standard InChI is InChI=1S/C43H45N3O6/c1-29-40(27-46-22-21-37(48)26-46)51-42(52-41(29)32-15-13-30(28-47)14-16-32)35-10-6-9-34(24-35)33-8-5-7-31(23-33)25-44-43(49)45-36-17-19-39(20-18-36)50-38-11-3-2-4-12-38/h2-20,23-24,29,37,40-42,47-48H,21-22,25-28H2,1H3,(H2,44,45,49). The van der Waals surface area contributed by atoms with Gasteiger partial charge in [-0.3, -0.25) is 4.90 Å². The molecule has 5 unspecified atom stereocenters. The Labute approximate surface area is 304 Å². The number of likely N-dealkylation sites (tertiary alicyclic amines) is 1. The fourth-order valence-electron chi connectivity index (χ4n) is 6.87. The second kappa shape index (κ2) is 16.5. The number of benzene rings is 5. The van der Waals surface area contributed by atoms with Crippen LogP contribution in [0.25, 0.3) is 11.1 Å². The third-order valence-corrected chi connectivity index (χ3v) is 9.77. The molecule has 0 bridgehead atoms.